The summed E-state index contributed by atoms with van der Waals surface area (Å²) in [5.74, 6) is 1.55. The van der Waals surface area contributed by atoms with Gasteiger partial charge in [-0.3, -0.25) is 9.38 Å². The highest BCUT2D eigenvalue weighted by atomic mass is 15.1. The Morgan fingerprint density at radius 1 is 1.12 bits per heavy atom. The molecule has 2 N–H and O–H groups in total. The van der Waals surface area contributed by atoms with E-state index in [2.05, 4.69) is 37.3 Å². The summed E-state index contributed by atoms with van der Waals surface area (Å²) < 4.78 is 2.12. The van der Waals surface area contributed by atoms with Crippen molar-refractivity contribution in [2.45, 2.75) is 37.6 Å². The second-order valence-electron chi connectivity index (χ2n) is 7.05. The van der Waals surface area contributed by atoms with Gasteiger partial charge >= 0.3 is 0 Å². The van der Waals surface area contributed by atoms with E-state index in [-0.39, 0.29) is 0 Å². The van der Waals surface area contributed by atoms with E-state index in [0.29, 0.717) is 12.0 Å². The number of pyridine rings is 1. The summed E-state index contributed by atoms with van der Waals surface area (Å²) in [7, 11) is 0. The lowest BCUT2D eigenvalue weighted by atomic mass is 10.1. The molecule has 4 heterocycles. The van der Waals surface area contributed by atoms with Gasteiger partial charge in [0.2, 0.25) is 0 Å². The number of nitrogens with zero attached hydrogens (tertiary/aromatic N) is 4. The maximum atomic E-state index is 4.83. The highest BCUT2D eigenvalue weighted by Gasteiger charge is 2.25. The van der Waals surface area contributed by atoms with E-state index < -0.39 is 0 Å². The Balaban J connectivity index is 1.47. The number of hydrogen-bond acceptors (Lipinski definition) is 5. The third-order valence-corrected chi connectivity index (χ3v) is 5.07. The number of rotatable bonds is 4. The largest absolute Gasteiger partial charge is 0.366 e. The number of anilines is 1. The van der Waals surface area contributed by atoms with E-state index in [9.17, 15) is 0 Å². The van der Waals surface area contributed by atoms with Crippen LogP contribution in [0, 0.1) is 0 Å². The van der Waals surface area contributed by atoms with Crippen molar-refractivity contribution in [1.82, 2.24) is 24.7 Å². The van der Waals surface area contributed by atoms with Crippen LogP contribution in [0.2, 0.25) is 0 Å². The molecule has 128 valence electrons. The number of hydrogen-bond donors (Lipinski definition) is 2. The molecule has 3 aromatic heterocycles. The fourth-order valence-electron chi connectivity index (χ4n) is 3.53. The second-order valence-corrected chi connectivity index (χ2v) is 7.05. The van der Waals surface area contributed by atoms with E-state index in [1.165, 1.54) is 25.7 Å². The molecule has 6 heteroatoms. The molecular formula is C19H22N6. The van der Waals surface area contributed by atoms with Crippen molar-refractivity contribution in [2.75, 3.05) is 18.4 Å². The molecule has 2 aliphatic rings. The normalized spacial score (nSPS) is 20.7. The molecule has 1 aliphatic heterocycles. The lowest BCUT2D eigenvalue weighted by molar-refractivity contribution is 0.479. The monoisotopic (exact) mass is 334 g/mol. The smallest absolute Gasteiger partial charge is 0.155 e. The van der Waals surface area contributed by atoms with E-state index in [0.717, 1.165) is 41.6 Å². The molecule has 5 rings (SSSR count). The molecular weight excluding hydrogens is 312 g/mol. The van der Waals surface area contributed by atoms with Crippen LogP contribution in [-0.2, 0) is 0 Å². The summed E-state index contributed by atoms with van der Waals surface area (Å²) in [6.45, 7) is 2.11. The Kier molecular flexibility index (Phi) is 3.63. The zero-order chi connectivity index (χ0) is 16.6. The van der Waals surface area contributed by atoms with E-state index in [4.69, 9.17) is 4.98 Å². The molecule has 0 amide bonds. The zero-order valence-electron chi connectivity index (χ0n) is 14.2. The summed E-state index contributed by atoms with van der Waals surface area (Å²) in [4.78, 5) is 13.9. The van der Waals surface area contributed by atoms with Gasteiger partial charge in [-0.05, 0) is 44.4 Å². The van der Waals surface area contributed by atoms with Crippen molar-refractivity contribution >= 4 is 11.5 Å². The van der Waals surface area contributed by atoms with Crippen molar-refractivity contribution in [3.63, 3.8) is 0 Å². The van der Waals surface area contributed by atoms with Crippen molar-refractivity contribution in [3.8, 4) is 11.4 Å². The number of nitrogens with one attached hydrogen (secondary N) is 2. The van der Waals surface area contributed by atoms with Gasteiger partial charge in [0, 0.05) is 24.7 Å². The van der Waals surface area contributed by atoms with E-state index >= 15 is 0 Å². The Morgan fingerprint density at radius 2 is 2.08 bits per heavy atom. The van der Waals surface area contributed by atoms with Crippen LogP contribution in [0.1, 0.15) is 37.3 Å². The molecule has 2 fully saturated rings. The van der Waals surface area contributed by atoms with Crippen molar-refractivity contribution in [2.24, 2.45) is 0 Å². The molecule has 1 saturated carbocycles. The number of piperidine rings is 1. The van der Waals surface area contributed by atoms with E-state index in [1.54, 1.807) is 0 Å². The molecule has 25 heavy (non-hydrogen) atoms. The van der Waals surface area contributed by atoms with Gasteiger partial charge in [-0.1, -0.05) is 6.07 Å². The molecule has 1 saturated heterocycles. The first-order valence-corrected chi connectivity index (χ1v) is 9.14. The Hall–Kier alpha value is -2.47. The van der Waals surface area contributed by atoms with Gasteiger partial charge in [0.25, 0.3) is 0 Å². The second kappa shape index (κ2) is 6.11. The minimum absolute atomic E-state index is 0.448. The van der Waals surface area contributed by atoms with Crippen LogP contribution in [0.25, 0.3) is 17.0 Å². The van der Waals surface area contributed by atoms with Crippen molar-refractivity contribution < 1.29 is 0 Å². The first kappa shape index (κ1) is 14.8. The molecule has 6 nitrogen and oxygen atoms in total. The van der Waals surface area contributed by atoms with Crippen LogP contribution in [-0.4, -0.2) is 38.5 Å². The summed E-state index contributed by atoms with van der Waals surface area (Å²) in [5, 5.41) is 6.99. The van der Waals surface area contributed by atoms with Crippen LogP contribution >= 0.6 is 0 Å². The fourth-order valence-corrected chi connectivity index (χ4v) is 3.53. The molecule has 1 unspecified atom stereocenters. The minimum Gasteiger partial charge on any atom is -0.366 e. The Bertz CT molecular complexity index is 892. The topological polar surface area (TPSA) is 67.1 Å². The van der Waals surface area contributed by atoms with Crippen LogP contribution in [0.15, 0.2) is 36.8 Å². The number of imidazole rings is 1. The van der Waals surface area contributed by atoms with Crippen LogP contribution in [0.4, 0.5) is 5.82 Å². The van der Waals surface area contributed by atoms with Gasteiger partial charge in [-0.2, -0.15) is 0 Å². The summed E-state index contributed by atoms with van der Waals surface area (Å²) in [6.07, 6.45) is 10.8. The zero-order valence-corrected chi connectivity index (χ0v) is 14.2. The van der Waals surface area contributed by atoms with Gasteiger partial charge in [-0.15, -0.1) is 0 Å². The molecule has 1 aliphatic carbocycles. The molecule has 0 bridgehead atoms. The third-order valence-electron chi connectivity index (χ3n) is 5.07. The average molecular weight is 334 g/mol. The molecule has 0 aromatic carbocycles. The lowest BCUT2D eigenvalue weighted by Crippen LogP contribution is -2.38. The SMILES string of the molecule is c1cc(NC2CCCNC2)nc(-c2cnc3cnc(C4CC4)cn23)c1. The van der Waals surface area contributed by atoms with Crippen molar-refractivity contribution in [1.29, 1.82) is 0 Å². The minimum atomic E-state index is 0.448. The quantitative estimate of drug-likeness (QED) is 0.768. The molecule has 1 atom stereocenters. The predicted molar refractivity (Wildman–Crippen MR) is 97.7 cm³/mol. The lowest BCUT2D eigenvalue weighted by Gasteiger charge is -2.24. The molecule has 3 aromatic rings. The van der Waals surface area contributed by atoms with Gasteiger partial charge in [0.05, 0.1) is 29.5 Å². The highest BCUT2D eigenvalue weighted by molar-refractivity contribution is 5.61. The summed E-state index contributed by atoms with van der Waals surface area (Å²) in [6, 6.07) is 6.59. The molecule has 0 spiro atoms. The number of aromatic nitrogens is 4. The average Bonchev–Trinajstić information content (AvgIpc) is 3.42. The van der Waals surface area contributed by atoms with Crippen molar-refractivity contribution in [3.05, 3.63) is 42.5 Å². The highest BCUT2D eigenvalue weighted by Crippen LogP contribution is 2.39. The first-order chi connectivity index (χ1) is 12.4. The van der Waals surface area contributed by atoms with Crippen LogP contribution in [0.5, 0.6) is 0 Å². The third kappa shape index (κ3) is 2.98. The predicted octanol–water partition coefficient (Wildman–Crippen LogP) is 2.83. The van der Waals surface area contributed by atoms with Gasteiger partial charge in [-0.25, -0.2) is 9.97 Å². The molecule has 0 radical (unpaired) electrons. The Labute approximate surface area is 146 Å². The maximum absolute atomic E-state index is 4.83. The first-order valence-electron chi connectivity index (χ1n) is 9.14. The van der Waals surface area contributed by atoms with Crippen LogP contribution < -0.4 is 10.6 Å². The van der Waals surface area contributed by atoms with Gasteiger partial charge in [0.1, 0.15) is 5.82 Å². The van der Waals surface area contributed by atoms with E-state index in [1.807, 2.05) is 24.5 Å². The van der Waals surface area contributed by atoms with Gasteiger partial charge < -0.3 is 10.6 Å². The maximum Gasteiger partial charge on any atom is 0.155 e. The number of fused-ring (bicyclic) bond motifs is 1. The van der Waals surface area contributed by atoms with Crippen LogP contribution in [0.3, 0.4) is 0 Å². The van der Waals surface area contributed by atoms with Gasteiger partial charge in [0.15, 0.2) is 5.65 Å². The fraction of sp³-hybridized carbons (Fsp3) is 0.421. The summed E-state index contributed by atoms with van der Waals surface area (Å²) in [5.41, 5.74) is 3.99. The Morgan fingerprint density at radius 3 is 2.92 bits per heavy atom. The standard InChI is InChI=1S/C19H22N6/c1-4-15(24-18(5-1)23-14-3-2-8-20-9-14)17-10-22-19-11-21-16(12-25(17)19)13-6-7-13/h1,4-5,10-14,20H,2-3,6-9H2,(H,23,24). The summed E-state index contributed by atoms with van der Waals surface area (Å²) >= 11 is 0.